The number of fused-ring (bicyclic) bond motifs is 1. The van der Waals surface area contributed by atoms with Gasteiger partial charge in [-0.2, -0.15) is 4.98 Å². The minimum absolute atomic E-state index is 0.0934. The van der Waals surface area contributed by atoms with E-state index in [1.54, 1.807) is 0 Å². The summed E-state index contributed by atoms with van der Waals surface area (Å²) in [6.45, 7) is 3.49. The van der Waals surface area contributed by atoms with E-state index in [0.717, 1.165) is 13.0 Å². The lowest BCUT2D eigenvalue weighted by atomic mass is 10.0. The third-order valence-electron chi connectivity index (χ3n) is 3.22. The van der Waals surface area contributed by atoms with Crippen molar-refractivity contribution in [3.8, 4) is 0 Å². The second-order valence-electron chi connectivity index (χ2n) is 4.24. The van der Waals surface area contributed by atoms with Crippen molar-refractivity contribution in [2.45, 2.75) is 25.9 Å². The lowest BCUT2D eigenvalue weighted by molar-refractivity contribution is 0.0965. The Morgan fingerprint density at radius 3 is 2.94 bits per heavy atom. The Morgan fingerprint density at radius 2 is 2.31 bits per heavy atom. The zero-order chi connectivity index (χ0) is 11.3. The fourth-order valence-corrected chi connectivity index (χ4v) is 2.16. The summed E-state index contributed by atoms with van der Waals surface area (Å²) >= 11 is 0. The summed E-state index contributed by atoms with van der Waals surface area (Å²) in [5.74, 6) is 0.838. The van der Waals surface area contributed by atoms with Crippen molar-refractivity contribution in [3.05, 3.63) is 11.3 Å². The van der Waals surface area contributed by atoms with E-state index >= 15 is 0 Å². The van der Waals surface area contributed by atoms with Crippen LogP contribution in [0.2, 0.25) is 0 Å². The van der Waals surface area contributed by atoms with E-state index < -0.39 is 0 Å². The first kappa shape index (κ1) is 9.38. The molecule has 3 heterocycles. The van der Waals surface area contributed by atoms with Gasteiger partial charge in [-0.25, -0.2) is 4.98 Å². The highest BCUT2D eigenvalue weighted by atomic mass is 16.2. The van der Waals surface area contributed by atoms with Gasteiger partial charge < -0.3 is 16.0 Å². The van der Waals surface area contributed by atoms with Crippen molar-refractivity contribution in [2.75, 3.05) is 17.2 Å². The van der Waals surface area contributed by atoms with Crippen LogP contribution in [0.4, 0.5) is 11.8 Å². The molecular weight excluding hydrogens is 206 g/mol. The Balaban J connectivity index is 2.13. The standard InChI is InChI=1S/C10H13N5O/c1-5-2-3-15(5)8-7-6(4-12-9(7)16)13-10(11)14-8/h5H,2-4H2,1H3,(H,12,16)(H2,11,13,14). The van der Waals surface area contributed by atoms with Gasteiger partial charge in [0, 0.05) is 12.6 Å². The largest absolute Gasteiger partial charge is 0.368 e. The van der Waals surface area contributed by atoms with Crippen LogP contribution in [0, 0.1) is 0 Å². The van der Waals surface area contributed by atoms with E-state index in [1.807, 2.05) is 0 Å². The molecule has 2 aliphatic rings. The Labute approximate surface area is 92.9 Å². The fraction of sp³-hybridized carbons (Fsp3) is 0.500. The zero-order valence-corrected chi connectivity index (χ0v) is 9.03. The summed E-state index contributed by atoms with van der Waals surface area (Å²) in [5.41, 5.74) is 6.96. The third-order valence-corrected chi connectivity index (χ3v) is 3.22. The summed E-state index contributed by atoms with van der Waals surface area (Å²) in [5, 5.41) is 2.75. The minimum atomic E-state index is -0.0934. The van der Waals surface area contributed by atoms with Crippen molar-refractivity contribution in [1.29, 1.82) is 0 Å². The van der Waals surface area contributed by atoms with E-state index in [2.05, 4.69) is 27.1 Å². The molecule has 6 nitrogen and oxygen atoms in total. The van der Waals surface area contributed by atoms with E-state index in [0.29, 0.717) is 29.7 Å². The smallest absolute Gasteiger partial charge is 0.257 e. The summed E-state index contributed by atoms with van der Waals surface area (Å²) < 4.78 is 0. The number of nitrogens with zero attached hydrogens (tertiary/aromatic N) is 3. The van der Waals surface area contributed by atoms with Crippen LogP contribution in [0.3, 0.4) is 0 Å². The van der Waals surface area contributed by atoms with Gasteiger partial charge in [0.05, 0.1) is 12.2 Å². The van der Waals surface area contributed by atoms with Gasteiger partial charge in [-0.3, -0.25) is 4.79 Å². The highest BCUT2D eigenvalue weighted by Crippen LogP contribution is 2.31. The highest BCUT2D eigenvalue weighted by molar-refractivity contribution is 6.02. The minimum Gasteiger partial charge on any atom is -0.368 e. The first-order chi connectivity index (χ1) is 7.66. The van der Waals surface area contributed by atoms with Crippen molar-refractivity contribution in [2.24, 2.45) is 0 Å². The molecule has 1 aromatic heterocycles. The SMILES string of the molecule is CC1CCN1c1nc(N)nc2c1C(=O)NC2. The molecule has 0 aromatic carbocycles. The summed E-state index contributed by atoms with van der Waals surface area (Å²) in [6, 6.07) is 0.423. The summed E-state index contributed by atoms with van der Waals surface area (Å²) in [7, 11) is 0. The molecule has 1 aromatic rings. The maximum Gasteiger partial charge on any atom is 0.257 e. The molecule has 1 amide bonds. The summed E-state index contributed by atoms with van der Waals surface area (Å²) in [4.78, 5) is 22.1. The van der Waals surface area contributed by atoms with Gasteiger partial charge in [0.2, 0.25) is 5.95 Å². The molecule has 1 fully saturated rings. The number of carbonyl (C=O) groups is 1. The molecule has 1 unspecified atom stereocenters. The predicted octanol–water partition coefficient (Wildman–Crippen LogP) is -0.0992. The molecular formula is C10H13N5O. The average molecular weight is 219 g/mol. The molecule has 2 aliphatic heterocycles. The molecule has 0 aliphatic carbocycles. The number of carbonyl (C=O) groups excluding carboxylic acids is 1. The zero-order valence-electron chi connectivity index (χ0n) is 9.03. The van der Waals surface area contributed by atoms with Crippen molar-refractivity contribution in [3.63, 3.8) is 0 Å². The van der Waals surface area contributed by atoms with E-state index in [1.165, 1.54) is 0 Å². The van der Waals surface area contributed by atoms with Crippen LogP contribution in [-0.2, 0) is 6.54 Å². The first-order valence-electron chi connectivity index (χ1n) is 5.38. The molecule has 0 radical (unpaired) electrons. The molecule has 84 valence electrons. The van der Waals surface area contributed by atoms with Crippen LogP contribution in [0.5, 0.6) is 0 Å². The van der Waals surface area contributed by atoms with Gasteiger partial charge in [-0.05, 0) is 13.3 Å². The molecule has 0 bridgehead atoms. The number of hydrogen-bond acceptors (Lipinski definition) is 5. The van der Waals surface area contributed by atoms with Crippen LogP contribution in [0.25, 0.3) is 0 Å². The van der Waals surface area contributed by atoms with Gasteiger partial charge in [0.1, 0.15) is 11.4 Å². The number of nitrogens with two attached hydrogens (primary N) is 1. The van der Waals surface area contributed by atoms with Crippen LogP contribution in [-0.4, -0.2) is 28.5 Å². The lowest BCUT2D eigenvalue weighted by Gasteiger charge is -2.40. The van der Waals surface area contributed by atoms with Gasteiger partial charge in [0.25, 0.3) is 5.91 Å². The Morgan fingerprint density at radius 1 is 1.50 bits per heavy atom. The predicted molar refractivity (Wildman–Crippen MR) is 59.0 cm³/mol. The molecule has 3 N–H and O–H groups in total. The number of amides is 1. The molecule has 6 heteroatoms. The Kier molecular flexibility index (Phi) is 1.80. The normalized spacial score (nSPS) is 22.7. The molecule has 1 atom stereocenters. The molecule has 3 rings (SSSR count). The van der Waals surface area contributed by atoms with Gasteiger partial charge >= 0.3 is 0 Å². The topological polar surface area (TPSA) is 84.1 Å². The van der Waals surface area contributed by atoms with Crippen LogP contribution in [0.1, 0.15) is 29.4 Å². The number of nitrogens with one attached hydrogen (secondary N) is 1. The third kappa shape index (κ3) is 1.16. The van der Waals surface area contributed by atoms with E-state index in [4.69, 9.17) is 5.73 Å². The Hall–Kier alpha value is -1.85. The second-order valence-corrected chi connectivity index (χ2v) is 4.24. The van der Waals surface area contributed by atoms with Crippen molar-refractivity contribution in [1.82, 2.24) is 15.3 Å². The van der Waals surface area contributed by atoms with Crippen LogP contribution in [0.15, 0.2) is 0 Å². The summed E-state index contributed by atoms with van der Waals surface area (Å²) in [6.07, 6.45) is 1.13. The molecule has 1 saturated heterocycles. The van der Waals surface area contributed by atoms with Crippen molar-refractivity contribution < 1.29 is 4.79 Å². The Bertz CT molecular complexity index is 473. The number of hydrogen-bond donors (Lipinski definition) is 2. The molecule has 0 spiro atoms. The quantitative estimate of drug-likeness (QED) is 0.689. The maximum absolute atomic E-state index is 11.7. The monoisotopic (exact) mass is 219 g/mol. The van der Waals surface area contributed by atoms with Crippen LogP contribution >= 0.6 is 0 Å². The first-order valence-corrected chi connectivity index (χ1v) is 5.38. The van der Waals surface area contributed by atoms with Gasteiger partial charge in [-0.1, -0.05) is 0 Å². The lowest BCUT2D eigenvalue weighted by Crippen LogP contribution is -2.47. The van der Waals surface area contributed by atoms with Gasteiger partial charge in [0.15, 0.2) is 0 Å². The number of rotatable bonds is 1. The number of nitrogen functional groups attached to an aromatic ring is 1. The highest BCUT2D eigenvalue weighted by Gasteiger charge is 2.33. The number of anilines is 2. The average Bonchev–Trinajstić information content (AvgIpc) is 2.58. The molecule has 0 saturated carbocycles. The fourth-order valence-electron chi connectivity index (χ4n) is 2.16. The maximum atomic E-state index is 11.7. The van der Waals surface area contributed by atoms with Crippen LogP contribution < -0.4 is 16.0 Å². The second kappa shape index (κ2) is 3.07. The number of aromatic nitrogens is 2. The van der Waals surface area contributed by atoms with E-state index in [-0.39, 0.29) is 11.9 Å². The van der Waals surface area contributed by atoms with Crippen molar-refractivity contribution >= 4 is 17.7 Å². The van der Waals surface area contributed by atoms with E-state index in [9.17, 15) is 4.79 Å². The van der Waals surface area contributed by atoms with Gasteiger partial charge in [-0.15, -0.1) is 0 Å². The molecule has 16 heavy (non-hydrogen) atoms.